The fourth-order valence-electron chi connectivity index (χ4n) is 3.42. The van der Waals surface area contributed by atoms with Gasteiger partial charge in [0.1, 0.15) is 5.75 Å². The van der Waals surface area contributed by atoms with Gasteiger partial charge in [-0.25, -0.2) is 0 Å². The number of hydrogen-bond donors (Lipinski definition) is 0. The molecule has 3 nitrogen and oxygen atoms in total. The lowest BCUT2D eigenvalue weighted by atomic mass is 10.0. The minimum Gasteiger partial charge on any atom is -0.493 e. The van der Waals surface area contributed by atoms with Crippen LogP contribution >= 0.6 is 0 Å². The third-order valence-electron chi connectivity index (χ3n) is 4.73. The van der Waals surface area contributed by atoms with E-state index in [1.807, 2.05) is 38.1 Å². The molecule has 136 valence electrons. The highest BCUT2D eigenvalue weighted by Crippen LogP contribution is 2.30. The molecule has 3 heteroatoms. The maximum absolute atomic E-state index is 13.1. The Morgan fingerprint density at radius 3 is 2.38 bits per heavy atom. The van der Waals surface area contributed by atoms with Crippen molar-refractivity contribution >= 4 is 10.9 Å². The minimum atomic E-state index is 0.0814. The minimum absolute atomic E-state index is 0.0814. The lowest BCUT2D eigenvalue weighted by molar-refractivity contribution is 0.270. The molecule has 2 aromatic carbocycles. The molecule has 3 aromatic rings. The van der Waals surface area contributed by atoms with Crippen LogP contribution in [0, 0.1) is 19.8 Å². The number of benzene rings is 2. The first-order valence-electron chi connectivity index (χ1n) is 9.30. The maximum Gasteiger partial charge on any atom is 0.193 e. The molecule has 3 rings (SSSR count). The zero-order valence-electron chi connectivity index (χ0n) is 16.3. The van der Waals surface area contributed by atoms with Gasteiger partial charge in [-0.1, -0.05) is 44.2 Å². The Balaban J connectivity index is 2.29. The topological polar surface area (TPSA) is 31.2 Å². The van der Waals surface area contributed by atoms with Crippen molar-refractivity contribution in [3.8, 4) is 17.0 Å². The lowest BCUT2D eigenvalue weighted by Crippen LogP contribution is -2.16. The van der Waals surface area contributed by atoms with Gasteiger partial charge in [0.15, 0.2) is 5.43 Å². The van der Waals surface area contributed by atoms with Gasteiger partial charge in [0, 0.05) is 17.5 Å². The molecule has 0 saturated heterocycles. The third-order valence-corrected chi connectivity index (χ3v) is 4.73. The first-order chi connectivity index (χ1) is 12.4. The Labute approximate surface area is 155 Å². The van der Waals surface area contributed by atoms with Crippen molar-refractivity contribution in [1.29, 1.82) is 0 Å². The number of hydrogen-bond acceptors (Lipinski definition) is 2. The fraction of sp³-hybridized carbons (Fsp3) is 0.348. The summed E-state index contributed by atoms with van der Waals surface area (Å²) in [7, 11) is 0. The van der Waals surface area contributed by atoms with Crippen molar-refractivity contribution < 1.29 is 4.74 Å². The first kappa shape index (κ1) is 18.2. The Morgan fingerprint density at radius 1 is 1.08 bits per heavy atom. The molecule has 1 heterocycles. The molecule has 0 saturated carbocycles. The molecule has 26 heavy (non-hydrogen) atoms. The Bertz CT molecular complexity index is 985. The van der Waals surface area contributed by atoms with Crippen molar-refractivity contribution in [2.45, 2.75) is 41.2 Å². The van der Waals surface area contributed by atoms with Gasteiger partial charge in [-0.3, -0.25) is 4.79 Å². The molecule has 0 amide bonds. The summed E-state index contributed by atoms with van der Waals surface area (Å²) < 4.78 is 8.18. The summed E-state index contributed by atoms with van der Waals surface area (Å²) in [6, 6.07) is 14.1. The highest BCUT2D eigenvalue weighted by atomic mass is 16.5. The van der Waals surface area contributed by atoms with Gasteiger partial charge in [-0.05, 0) is 49.9 Å². The normalized spacial score (nSPS) is 11.3. The van der Waals surface area contributed by atoms with Crippen molar-refractivity contribution in [2.75, 3.05) is 6.61 Å². The van der Waals surface area contributed by atoms with Crippen molar-refractivity contribution in [2.24, 2.45) is 5.92 Å². The van der Waals surface area contributed by atoms with Crippen molar-refractivity contribution in [3.63, 3.8) is 0 Å². The van der Waals surface area contributed by atoms with E-state index >= 15 is 0 Å². The number of fused-ring (bicyclic) bond motifs is 1. The van der Waals surface area contributed by atoms with Crippen LogP contribution in [-0.4, -0.2) is 11.2 Å². The van der Waals surface area contributed by atoms with E-state index in [1.165, 1.54) is 0 Å². The van der Waals surface area contributed by atoms with E-state index in [0.717, 1.165) is 45.6 Å². The van der Waals surface area contributed by atoms with Crippen LogP contribution in [0.5, 0.6) is 5.75 Å². The van der Waals surface area contributed by atoms with Crippen LogP contribution in [0.4, 0.5) is 0 Å². The van der Waals surface area contributed by atoms with E-state index in [2.05, 4.69) is 43.5 Å². The summed E-state index contributed by atoms with van der Waals surface area (Å²) in [4.78, 5) is 13.1. The predicted octanol–water partition coefficient (Wildman–Crippen LogP) is 5.34. The molecule has 0 spiro atoms. The molecule has 0 aliphatic carbocycles. The highest BCUT2D eigenvalue weighted by Gasteiger charge is 2.16. The molecule has 0 aliphatic heterocycles. The van der Waals surface area contributed by atoms with Gasteiger partial charge in [-0.2, -0.15) is 0 Å². The summed E-state index contributed by atoms with van der Waals surface area (Å²) in [5.74, 6) is 1.25. The number of aromatic nitrogens is 1. The molecule has 0 bridgehead atoms. The molecule has 0 radical (unpaired) electrons. The van der Waals surface area contributed by atoms with Crippen LogP contribution in [0.15, 0.2) is 47.3 Å². The van der Waals surface area contributed by atoms with Crippen molar-refractivity contribution in [1.82, 2.24) is 4.57 Å². The largest absolute Gasteiger partial charge is 0.493 e. The van der Waals surface area contributed by atoms with Crippen LogP contribution in [0.3, 0.4) is 0 Å². The van der Waals surface area contributed by atoms with E-state index in [0.29, 0.717) is 12.5 Å². The van der Waals surface area contributed by atoms with Crippen molar-refractivity contribution in [3.05, 3.63) is 63.8 Å². The smallest absolute Gasteiger partial charge is 0.193 e. The van der Waals surface area contributed by atoms with Gasteiger partial charge >= 0.3 is 0 Å². The Morgan fingerprint density at radius 2 is 1.77 bits per heavy atom. The predicted molar refractivity (Wildman–Crippen MR) is 109 cm³/mol. The molecule has 0 fully saturated rings. The summed E-state index contributed by atoms with van der Waals surface area (Å²) in [6.45, 7) is 11.8. The van der Waals surface area contributed by atoms with E-state index in [-0.39, 0.29) is 5.43 Å². The zero-order chi connectivity index (χ0) is 18.8. The monoisotopic (exact) mass is 349 g/mol. The van der Waals surface area contributed by atoms with Gasteiger partial charge in [0.05, 0.1) is 17.8 Å². The second kappa shape index (κ2) is 7.36. The second-order valence-electron chi connectivity index (χ2n) is 7.25. The highest BCUT2D eigenvalue weighted by molar-refractivity contribution is 5.86. The fourth-order valence-corrected chi connectivity index (χ4v) is 3.42. The average molecular weight is 349 g/mol. The van der Waals surface area contributed by atoms with Crippen LogP contribution < -0.4 is 10.2 Å². The Hall–Kier alpha value is -2.55. The van der Waals surface area contributed by atoms with Gasteiger partial charge in [0.2, 0.25) is 0 Å². The van der Waals surface area contributed by atoms with Crippen LogP contribution in [0.25, 0.3) is 22.2 Å². The van der Waals surface area contributed by atoms with Crippen LogP contribution in [-0.2, 0) is 6.54 Å². The van der Waals surface area contributed by atoms with Gasteiger partial charge in [-0.15, -0.1) is 0 Å². The number of ether oxygens (including phenoxy) is 1. The maximum atomic E-state index is 13.1. The van der Waals surface area contributed by atoms with E-state index < -0.39 is 0 Å². The van der Waals surface area contributed by atoms with Crippen LogP contribution in [0.2, 0.25) is 0 Å². The summed E-state index contributed by atoms with van der Waals surface area (Å²) >= 11 is 0. The average Bonchev–Trinajstić information content (AvgIpc) is 2.63. The first-order valence-corrected chi connectivity index (χ1v) is 9.30. The third kappa shape index (κ3) is 3.26. The second-order valence-corrected chi connectivity index (χ2v) is 7.25. The molecular weight excluding hydrogens is 322 g/mol. The summed E-state index contributed by atoms with van der Waals surface area (Å²) in [6.07, 6.45) is 0. The van der Waals surface area contributed by atoms with Gasteiger partial charge < -0.3 is 9.30 Å². The standard InChI is InChI=1S/C23H27NO2/c1-6-24-20-12-16(4)21(26-14-15(2)3)13-19(20)23(25)17(5)22(24)18-10-8-7-9-11-18/h7-13,15H,6,14H2,1-5H3. The summed E-state index contributed by atoms with van der Waals surface area (Å²) in [5.41, 5.74) is 4.96. The van der Waals surface area contributed by atoms with E-state index in [9.17, 15) is 4.79 Å². The van der Waals surface area contributed by atoms with Gasteiger partial charge in [0.25, 0.3) is 0 Å². The van der Waals surface area contributed by atoms with E-state index in [4.69, 9.17) is 4.74 Å². The molecule has 0 unspecified atom stereocenters. The van der Waals surface area contributed by atoms with Crippen LogP contribution in [0.1, 0.15) is 31.9 Å². The molecule has 1 aromatic heterocycles. The number of rotatable bonds is 5. The molecular formula is C23H27NO2. The lowest BCUT2D eigenvalue weighted by Gasteiger charge is -2.20. The molecule has 0 atom stereocenters. The van der Waals surface area contributed by atoms with E-state index in [1.54, 1.807) is 0 Å². The number of aryl methyl sites for hydroxylation is 2. The Kier molecular flexibility index (Phi) is 5.17. The number of pyridine rings is 1. The number of nitrogens with zero attached hydrogens (tertiary/aromatic N) is 1. The summed E-state index contributed by atoms with van der Waals surface area (Å²) in [5, 5.41) is 0.730. The molecule has 0 N–H and O–H groups in total. The zero-order valence-corrected chi connectivity index (χ0v) is 16.3. The quantitative estimate of drug-likeness (QED) is 0.622. The SMILES string of the molecule is CCn1c(-c2ccccc2)c(C)c(=O)c2cc(OCC(C)C)c(C)cc21. The molecule has 0 aliphatic rings.